The minimum Gasteiger partial charge on any atom is -0.332 e. The van der Waals surface area contributed by atoms with Crippen LogP contribution in [-0.2, 0) is 31.4 Å². The first-order chi connectivity index (χ1) is 12.7. The van der Waals surface area contributed by atoms with Crippen LogP contribution in [0.1, 0.15) is 49.7 Å². The highest BCUT2D eigenvalue weighted by atomic mass is 16.5. The molecule has 26 heavy (non-hydrogen) atoms. The fourth-order valence-corrected chi connectivity index (χ4v) is 3.82. The Kier molecular flexibility index (Phi) is 4.76. The van der Waals surface area contributed by atoms with E-state index in [1.54, 1.807) is 0 Å². The van der Waals surface area contributed by atoms with Crippen molar-refractivity contribution in [2.75, 3.05) is 19.6 Å². The summed E-state index contributed by atoms with van der Waals surface area (Å²) in [6, 6.07) is 0. The van der Waals surface area contributed by atoms with Crippen molar-refractivity contribution in [3.63, 3.8) is 0 Å². The van der Waals surface area contributed by atoms with Crippen molar-refractivity contribution in [2.24, 2.45) is 7.05 Å². The maximum Gasteiger partial charge on any atom is 0.278 e. The molecule has 0 N–H and O–H groups in total. The van der Waals surface area contributed by atoms with Crippen LogP contribution in [-0.4, -0.2) is 55.3 Å². The number of rotatable bonds is 4. The quantitative estimate of drug-likeness (QED) is 0.828. The SMILES string of the molecule is CCc1noc(-c2nn(C)c3c2CN(C(=O)CN2CCCCCC2)C3)n1. The molecule has 2 aliphatic rings. The Labute approximate surface area is 153 Å². The van der Waals surface area contributed by atoms with Crippen LogP contribution >= 0.6 is 0 Å². The molecule has 2 aromatic heterocycles. The molecule has 0 atom stereocenters. The zero-order valence-corrected chi connectivity index (χ0v) is 15.6. The van der Waals surface area contributed by atoms with E-state index in [0.29, 0.717) is 37.0 Å². The fraction of sp³-hybridized carbons (Fsp3) is 0.667. The van der Waals surface area contributed by atoms with Crippen molar-refractivity contribution in [3.8, 4) is 11.6 Å². The van der Waals surface area contributed by atoms with E-state index in [1.807, 2.05) is 23.6 Å². The van der Waals surface area contributed by atoms with Crippen LogP contribution < -0.4 is 0 Å². The van der Waals surface area contributed by atoms with Crippen LogP contribution in [0.3, 0.4) is 0 Å². The van der Waals surface area contributed by atoms with Gasteiger partial charge in [0, 0.05) is 19.0 Å². The summed E-state index contributed by atoms with van der Waals surface area (Å²) in [6.07, 6.45) is 5.66. The summed E-state index contributed by atoms with van der Waals surface area (Å²) in [7, 11) is 1.90. The lowest BCUT2D eigenvalue weighted by Crippen LogP contribution is -2.38. The molecule has 0 spiro atoms. The summed E-state index contributed by atoms with van der Waals surface area (Å²) in [4.78, 5) is 21.4. The van der Waals surface area contributed by atoms with Crippen LogP contribution in [0.25, 0.3) is 11.6 Å². The highest BCUT2D eigenvalue weighted by Gasteiger charge is 2.32. The highest BCUT2D eigenvalue weighted by molar-refractivity contribution is 5.79. The zero-order valence-electron chi connectivity index (χ0n) is 15.6. The first-order valence-electron chi connectivity index (χ1n) is 9.53. The first-order valence-corrected chi connectivity index (χ1v) is 9.53. The zero-order chi connectivity index (χ0) is 18.1. The average Bonchev–Trinajstić information content (AvgIpc) is 3.29. The second-order valence-corrected chi connectivity index (χ2v) is 7.21. The van der Waals surface area contributed by atoms with Gasteiger partial charge in [0.25, 0.3) is 5.89 Å². The van der Waals surface area contributed by atoms with Gasteiger partial charge in [-0.25, -0.2) is 0 Å². The van der Waals surface area contributed by atoms with Gasteiger partial charge >= 0.3 is 0 Å². The number of aryl methyl sites for hydroxylation is 2. The number of carbonyl (C=O) groups excluding carboxylic acids is 1. The third kappa shape index (κ3) is 3.25. The van der Waals surface area contributed by atoms with E-state index < -0.39 is 0 Å². The summed E-state index contributed by atoms with van der Waals surface area (Å²) in [5.41, 5.74) is 2.79. The van der Waals surface area contributed by atoms with Crippen LogP contribution in [0.4, 0.5) is 0 Å². The minimum absolute atomic E-state index is 0.189. The summed E-state index contributed by atoms with van der Waals surface area (Å²) in [5.74, 6) is 1.31. The number of nitrogens with zero attached hydrogens (tertiary/aromatic N) is 6. The van der Waals surface area contributed by atoms with E-state index in [9.17, 15) is 4.79 Å². The molecule has 1 saturated heterocycles. The lowest BCUT2D eigenvalue weighted by atomic mass is 10.2. The third-order valence-corrected chi connectivity index (χ3v) is 5.36. The van der Waals surface area contributed by atoms with Crippen LogP contribution in [0.2, 0.25) is 0 Å². The first kappa shape index (κ1) is 17.2. The monoisotopic (exact) mass is 358 g/mol. The molecule has 8 nitrogen and oxygen atoms in total. The molecule has 0 saturated carbocycles. The maximum atomic E-state index is 12.8. The summed E-state index contributed by atoms with van der Waals surface area (Å²) in [6.45, 7) is 5.72. The summed E-state index contributed by atoms with van der Waals surface area (Å²) in [5, 5.41) is 8.51. The molecule has 2 aromatic rings. The molecule has 0 aliphatic carbocycles. The van der Waals surface area contributed by atoms with Gasteiger partial charge < -0.3 is 9.42 Å². The van der Waals surface area contributed by atoms with Gasteiger partial charge in [0.15, 0.2) is 11.5 Å². The van der Waals surface area contributed by atoms with Gasteiger partial charge in [0.05, 0.1) is 25.3 Å². The largest absolute Gasteiger partial charge is 0.332 e. The number of fused-ring (bicyclic) bond motifs is 1. The van der Waals surface area contributed by atoms with E-state index in [2.05, 4.69) is 20.1 Å². The summed E-state index contributed by atoms with van der Waals surface area (Å²) < 4.78 is 7.20. The second-order valence-electron chi connectivity index (χ2n) is 7.21. The van der Waals surface area contributed by atoms with Crippen molar-refractivity contribution in [1.82, 2.24) is 29.7 Å². The molecular formula is C18H26N6O2. The van der Waals surface area contributed by atoms with E-state index in [0.717, 1.165) is 30.8 Å². The van der Waals surface area contributed by atoms with Crippen molar-refractivity contribution in [3.05, 3.63) is 17.1 Å². The predicted molar refractivity (Wildman–Crippen MR) is 95.0 cm³/mol. The highest BCUT2D eigenvalue weighted by Crippen LogP contribution is 2.31. The Bertz CT molecular complexity index is 788. The van der Waals surface area contributed by atoms with Gasteiger partial charge in [-0.1, -0.05) is 24.9 Å². The standard InChI is InChI=1S/C18H26N6O2/c1-3-15-19-18(26-21-15)17-13-10-24(11-14(13)22(2)20-17)16(25)12-23-8-6-4-5-7-9-23/h3-12H2,1-2H3. The Hall–Kier alpha value is -2.22. The third-order valence-electron chi connectivity index (χ3n) is 5.36. The smallest absolute Gasteiger partial charge is 0.278 e. The molecule has 0 radical (unpaired) electrons. The topological polar surface area (TPSA) is 80.3 Å². The molecule has 4 rings (SSSR count). The molecule has 140 valence electrons. The Morgan fingerprint density at radius 2 is 1.92 bits per heavy atom. The van der Waals surface area contributed by atoms with Crippen molar-refractivity contribution >= 4 is 5.91 Å². The van der Waals surface area contributed by atoms with E-state index in [-0.39, 0.29) is 5.91 Å². The van der Waals surface area contributed by atoms with Gasteiger partial charge in [-0.15, -0.1) is 0 Å². The van der Waals surface area contributed by atoms with Crippen molar-refractivity contribution in [2.45, 2.75) is 52.1 Å². The summed E-state index contributed by atoms with van der Waals surface area (Å²) >= 11 is 0. The van der Waals surface area contributed by atoms with E-state index >= 15 is 0 Å². The number of hydrogen-bond donors (Lipinski definition) is 0. The Morgan fingerprint density at radius 3 is 2.62 bits per heavy atom. The normalized spacial score (nSPS) is 18.2. The minimum atomic E-state index is 0.189. The number of carbonyl (C=O) groups is 1. The maximum absolute atomic E-state index is 12.8. The Balaban J connectivity index is 1.48. The fourth-order valence-electron chi connectivity index (χ4n) is 3.82. The van der Waals surface area contributed by atoms with Gasteiger partial charge in [-0.05, 0) is 25.9 Å². The molecule has 4 heterocycles. The van der Waals surface area contributed by atoms with Gasteiger partial charge in [0.2, 0.25) is 5.91 Å². The lowest BCUT2D eigenvalue weighted by Gasteiger charge is -2.23. The van der Waals surface area contributed by atoms with E-state index in [1.165, 1.54) is 25.7 Å². The van der Waals surface area contributed by atoms with Gasteiger partial charge in [0.1, 0.15) is 0 Å². The molecule has 1 fully saturated rings. The van der Waals surface area contributed by atoms with E-state index in [4.69, 9.17) is 4.52 Å². The number of amides is 1. The van der Waals surface area contributed by atoms with Crippen LogP contribution in [0, 0.1) is 0 Å². The molecule has 8 heteroatoms. The van der Waals surface area contributed by atoms with Gasteiger partial charge in [-0.2, -0.15) is 10.1 Å². The molecule has 0 unspecified atom stereocenters. The van der Waals surface area contributed by atoms with Crippen molar-refractivity contribution < 1.29 is 9.32 Å². The Morgan fingerprint density at radius 1 is 1.15 bits per heavy atom. The molecular weight excluding hydrogens is 332 g/mol. The molecule has 0 bridgehead atoms. The second kappa shape index (κ2) is 7.19. The van der Waals surface area contributed by atoms with Crippen molar-refractivity contribution in [1.29, 1.82) is 0 Å². The lowest BCUT2D eigenvalue weighted by molar-refractivity contribution is -0.133. The van der Waals surface area contributed by atoms with Crippen LogP contribution in [0.5, 0.6) is 0 Å². The predicted octanol–water partition coefficient (Wildman–Crippen LogP) is 1.75. The average molecular weight is 358 g/mol. The number of hydrogen-bond acceptors (Lipinski definition) is 6. The molecule has 2 aliphatic heterocycles. The molecule has 1 amide bonds. The number of likely N-dealkylation sites (tertiary alicyclic amines) is 1. The molecule has 0 aromatic carbocycles. The van der Waals surface area contributed by atoms with Crippen LogP contribution in [0.15, 0.2) is 4.52 Å². The number of aromatic nitrogens is 4. The van der Waals surface area contributed by atoms with Gasteiger partial charge in [-0.3, -0.25) is 14.4 Å².